The Labute approximate surface area is 300 Å². The molecule has 3 aliphatic rings. The maximum atomic E-state index is 13.2. The average molecular weight is 715 g/mol. The summed E-state index contributed by atoms with van der Waals surface area (Å²) in [6.45, 7) is 12.9. The number of anilines is 1. The maximum absolute atomic E-state index is 13.2. The number of halogens is 3. The summed E-state index contributed by atoms with van der Waals surface area (Å²) in [6.07, 6.45) is -4.36. The Balaban J connectivity index is 0.000000198. The molecule has 1 atom stereocenters. The van der Waals surface area contributed by atoms with E-state index in [9.17, 15) is 27.6 Å². The van der Waals surface area contributed by atoms with E-state index in [1.807, 2.05) is 74.5 Å². The number of likely N-dealkylation sites (N-methyl/N-ethyl adjacent to an activating group) is 1. The smallest absolute Gasteiger partial charge is 0.380 e. The average Bonchev–Trinajstić information content (AvgIpc) is 3.44. The minimum atomic E-state index is -4.56. The number of rotatable bonds is 9. The largest absolute Gasteiger partial charge is 0.416 e. The predicted octanol–water partition coefficient (Wildman–Crippen LogP) is 5.10. The number of carbonyl (C=O) groups excluding carboxylic acids is 3. The topological polar surface area (TPSA) is 109 Å². The number of hydrogen-bond acceptors (Lipinski definition) is 6. The SMILES string of the molecule is C=C(CN1CC2(COC2)C1)C(=O)NCc1ccccc1.CCN1C(=O)C(NC(=O)c2cccc(C(F)(F)F)c2)Cc2c(C)nn(-c3ccccc3)c21. The zero-order valence-electron chi connectivity index (χ0n) is 29.1. The summed E-state index contributed by atoms with van der Waals surface area (Å²) in [5.74, 6) is -0.482. The molecule has 13 heteroatoms. The van der Waals surface area contributed by atoms with Gasteiger partial charge in [-0.15, -0.1) is 0 Å². The van der Waals surface area contributed by atoms with Crippen molar-refractivity contribution >= 4 is 23.5 Å². The molecule has 3 aliphatic heterocycles. The van der Waals surface area contributed by atoms with Crippen molar-refractivity contribution in [3.8, 4) is 5.69 Å². The Morgan fingerprint density at radius 3 is 2.29 bits per heavy atom. The van der Waals surface area contributed by atoms with Gasteiger partial charge in [0.1, 0.15) is 11.9 Å². The fraction of sp³-hybridized carbons (Fsp3) is 0.333. The van der Waals surface area contributed by atoms with Crippen LogP contribution in [0.25, 0.3) is 5.69 Å². The van der Waals surface area contributed by atoms with Crippen molar-refractivity contribution in [3.63, 3.8) is 0 Å². The van der Waals surface area contributed by atoms with Crippen LogP contribution >= 0.6 is 0 Å². The number of para-hydroxylation sites is 1. The molecular weight excluding hydrogens is 673 g/mol. The lowest BCUT2D eigenvalue weighted by Gasteiger charge is -2.55. The van der Waals surface area contributed by atoms with Crippen molar-refractivity contribution in [1.29, 1.82) is 0 Å². The van der Waals surface area contributed by atoms with Crippen LogP contribution < -0.4 is 15.5 Å². The number of ether oxygens (including phenoxy) is 1. The van der Waals surface area contributed by atoms with Crippen molar-refractivity contribution in [2.75, 3.05) is 44.3 Å². The molecule has 1 aromatic heterocycles. The normalized spacial score (nSPS) is 17.6. The molecule has 10 nitrogen and oxygen atoms in total. The van der Waals surface area contributed by atoms with Gasteiger partial charge < -0.3 is 15.4 Å². The maximum Gasteiger partial charge on any atom is 0.416 e. The highest BCUT2D eigenvalue weighted by Gasteiger charge is 2.48. The van der Waals surface area contributed by atoms with Crippen molar-refractivity contribution < 1.29 is 32.3 Å². The van der Waals surface area contributed by atoms with Crippen molar-refractivity contribution in [2.24, 2.45) is 5.41 Å². The number of aromatic nitrogens is 2. The molecule has 52 heavy (non-hydrogen) atoms. The second-order valence-electron chi connectivity index (χ2n) is 13.4. The lowest BCUT2D eigenvalue weighted by molar-refractivity contribution is -0.186. The first kappa shape index (κ1) is 36.5. The van der Waals surface area contributed by atoms with E-state index in [1.165, 1.54) is 12.1 Å². The number of carbonyl (C=O) groups is 3. The van der Waals surface area contributed by atoms with Gasteiger partial charge in [-0.1, -0.05) is 61.2 Å². The molecule has 4 aromatic rings. The molecule has 272 valence electrons. The lowest BCUT2D eigenvalue weighted by Crippen LogP contribution is -2.66. The Morgan fingerprint density at radius 1 is 1.00 bits per heavy atom. The standard InChI is InChI=1S/C23H21F3N4O2.C16H20N2O2/c1-3-29-21-18(14(2)28-30(21)17-10-5-4-6-11-17)13-19(22(29)32)27-20(31)15-8-7-9-16(12-15)23(24,25)26;1-13(8-18-9-16(10-18)11-20-12-16)15(19)17-7-14-5-3-2-4-6-14/h4-12,19H,3,13H2,1-2H3,(H,27,31);2-6H,1,7-12H2,(H,17,19). The van der Waals surface area contributed by atoms with Gasteiger partial charge in [-0.3, -0.25) is 24.2 Å². The van der Waals surface area contributed by atoms with Crippen LogP contribution in [0.5, 0.6) is 0 Å². The fourth-order valence-corrected chi connectivity index (χ4v) is 6.73. The van der Waals surface area contributed by atoms with Gasteiger partial charge >= 0.3 is 6.18 Å². The summed E-state index contributed by atoms with van der Waals surface area (Å²) < 4.78 is 45.9. The molecule has 4 heterocycles. The molecule has 1 unspecified atom stereocenters. The predicted molar refractivity (Wildman–Crippen MR) is 190 cm³/mol. The number of benzene rings is 3. The van der Waals surface area contributed by atoms with E-state index in [4.69, 9.17) is 4.74 Å². The Bertz CT molecular complexity index is 1930. The van der Waals surface area contributed by atoms with Gasteiger partial charge in [0, 0.05) is 61.3 Å². The Kier molecular flexibility index (Phi) is 10.6. The van der Waals surface area contributed by atoms with E-state index in [2.05, 4.69) is 27.2 Å². The highest BCUT2D eigenvalue weighted by atomic mass is 19.4. The Morgan fingerprint density at radius 2 is 1.67 bits per heavy atom. The van der Waals surface area contributed by atoms with Crippen molar-refractivity contribution in [1.82, 2.24) is 25.3 Å². The second-order valence-corrected chi connectivity index (χ2v) is 13.4. The van der Waals surface area contributed by atoms with E-state index < -0.39 is 23.7 Å². The van der Waals surface area contributed by atoms with Gasteiger partial charge in [-0.2, -0.15) is 18.3 Å². The summed E-state index contributed by atoms with van der Waals surface area (Å²) in [7, 11) is 0. The van der Waals surface area contributed by atoms with Crippen LogP contribution in [0.15, 0.2) is 97.1 Å². The van der Waals surface area contributed by atoms with Crippen LogP contribution in [0.1, 0.15) is 39.7 Å². The van der Waals surface area contributed by atoms with Gasteiger partial charge in [0.25, 0.3) is 11.8 Å². The van der Waals surface area contributed by atoms with Crippen LogP contribution in [-0.2, 0) is 33.5 Å². The van der Waals surface area contributed by atoms with E-state index >= 15 is 0 Å². The van der Waals surface area contributed by atoms with Gasteiger partial charge in [0.05, 0.1) is 30.2 Å². The quantitative estimate of drug-likeness (QED) is 0.234. The first-order valence-corrected chi connectivity index (χ1v) is 17.1. The zero-order valence-corrected chi connectivity index (χ0v) is 29.1. The second kappa shape index (κ2) is 15.1. The number of aryl methyl sites for hydroxylation is 1. The van der Waals surface area contributed by atoms with Gasteiger partial charge in [0.15, 0.2) is 0 Å². The number of hydrogen-bond donors (Lipinski definition) is 2. The fourth-order valence-electron chi connectivity index (χ4n) is 6.73. The van der Waals surface area contributed by atoms with Crippen LogP contribution in [-0.4, -0.2) is 77.8 Å². The van der Waals surface area contributed by atoms with Crippen LogP contribution in [0.4, 0.5) is 19.0 Å². The molecule has 3 aromatic carbocycles. The molecule has 1 spiro atoms. The molecular formula is C39H41F3N6O4. The van der Waals surface area contributed by atoms with Crippen LogP contribution in [0.3, 0.4) is 0 Å². The zero-order chi connectivity index (χ0) is 37.0. The van der Waals surface area contributed by atoms with E-state index in [0.29, 0.717) is 42.1 Å². The van der Waals surface area contributed by atoms with Gasteiger partial charge in [-0.05, 0) is 49.7 Å². The molecule has 0 bridgehead atoms. The first-order valence-electron chi connectivity index (χ1n) is 17.1. The first-order chi connectivity index (χ1) is 24.9. The third-order valence-corrected chi connectivity index (χ3v) is 9.43. The highest BCUT2D eigenvalue weighted by Crippen LogP contribution is 2.38. The third-order valence-electron chi connectivity index (χ3n) is 9.43. The van der Waals surface area contributed by atoms with Crippen molar-refractivity contribution in [2.45, 2.75) is 39.0 Å². The molecule has 2 fully saturated rings. The molecule has 7 rings (SSSR count). The monoisotopic (exact) mass is 714 g/mol. The minimum Gasteiger partial charge on any atom is -0.380 e. The molecule has 3 amide bonds. The number of alkyl halides is 3. The minimum absolute atomic E-state index is 0.0559. The van der Waals surface area contributed by atoms with Gasteiger partial charge in [0.2, 0.25) is 5.91 Å². The van der Waals surface area contributed by atoms with E-state index in [1.54, 1.807) is 9.58 Å². The molecule has 0 radical (unpaired) electrons. The molecule has 0 aliphatic carbocycles. The summed E-state index contributed by atoms with van der Waals surface area (Å²) >= 11 is 0. The number of nitrogens with zero attached hydrogens (tertiary/aromatic N) is 4. The van der Waals surface area contributed by atoms with E-state index in [-0.39, 0.29) is 23.8 Å². The third kappa shape index (κ3) is 7.95. The van der Waals surface area contributed by atoms with E-state index in [0.717, 1.165) is 55.3 Å². The number of amides is 3. The lowest BCUT2D eigenvalue weighted by atomic mass is 9.78. The summed E-state index contributed by atoms with van der Waals surface area (Å²) in [5.41, 5.74) is 3.38. The van der Waals surface area contributed by atoms with Crippen molar-refractivity contribution in [3.05, 3.63) is 125 Å². The van der Waals surface area contributed by atoms with Crippen LogP contribution in [0, 0.1) is 12.3 Å². The molecule has 2 N–H and O–H groups in total. The molecule has 2 saturated heterocycles. The van der Waals surface area contributed by atoms with Gasteiger partial charge in [-0.25, -0.2) is 4.68 Å². The molecule has 0 saturated carbocycles. The summed E-state index contributed by atoms with van der Waals surface area (Å²) in [6, 6.07) is 22.5. The number of likely N-dealkylation sites (tertiary alicyclic amines) is 1. The number of fused-ring (bicyclic) bond motifs is 1. The highest BCUT2D eigenvalue weighted by molar-refractivity contribution is 6.04. The number of nitrogens with one attached hydrogen (secondary N) is 2. The van der Waals surface area contributed by atoms with Crippen LogP contribution in [0.2, 0.25) is 0 Å². The summed E-state index contributed by atoms with van der Waals surface area (Å²) in [4.78, 5) is 41.7. The Hall–Kier alpha value is -5.27. The summed E-state index contributed by atoms with van der Waals surface area (Å²) in [5, 5.41) is 10.1.